The second kappa shape index (κ2) is 9.01. The molecule has 31 heavy (non-hydrogen) atoms. The number of pyridine rings is 1. The van der Waals surface area contributed by atoms with Crippen molar-refractivity contribution in [1.82, 2.24) is 9.88 Å². The molecule has 0 amide bonds. The van der Waals surface area contributed by atoms with Crippen LogP contribution >= 0.6 is 0 Å². The van der Waals surface area contributed by atoms with Crippen molar-refractivity contribution < 1.29 is 5.11 Å². The zero-order chi connectivity index (χ0) is 21.0. The number of hydrogen-bond donors (Lipinski definition) is 1. The van der Waals surface area contributed by atoms with Crippen molar-refractivity contribution in [1.29, 1.82) is 0 Å². The number of β-amino-alcohol motifs (C(OH)–C–C–N with tert-alkyl or cyclic N) is 1. The highest BCUT2D eigenvalue weighted by Crippen LogP contribution is 2.26. The number of fused-ring (bicyclic) bond motifs is 1. The third-order valence-corrected chi connectivity index (χ3v) is 6.43. The molecule has 0 bridgehead atoms. The van der Waals surface area contributed by atoms with Gasteiger partial charge in [-0.1, -0.05) is 72.8 Å². The van der Waals surface area contributed by atoms with Crippen LogP contribution in [0.3, 0.4) is 0 Å². The van der Waals surface area contributed by atoms with E-state index < -0.39 is 0 Å². The van der Waals surface area contributed by atoms with Gasteiger partial charge in [0.05, 0.1) is 11.6 Å². The summed E-state index contributed by atoms with van der Waals surface area (Å²) in [7, 11) is 0. The molecule has 3 nitrogen and oxygen atoms in total. The minimum Gasteiger partial charge on any atom is -0.391 e. The maximum atomic E-state index is 10.8. The van der Waals surface area contributed by atoms with Crippen LogP contribution in [0.2, 0.25) is 0 Å². The van der Waals surface area contributed by atoms with Crippen LogP contribution in [-0.4, -0.2) is 34.2 Å². The lowest BCUT2D eigenvalue weighted by atomic mass is 9.87. The number of likely N-dealkylation sites (tertiary alicyclic amines) is 1. The van der Waals surface area contributed by atoms with Gasteiger partial charge in [-0.15, -0.1) is 0 Å². The summed E-state index contributed by atoms with van der Waals surface area (Å²) in [5.41, 5.74) is 5.94. The minimum atomic E-state index is -0.276. The van der Waals surface area contributed by atoms with Crippen LogP contribution in [0.5, 0.6) is 0 Å². The fraction of sp³-hybridized carbons (Fsp3) is 0.250. The number of benzene rings is 3. The van der Waals surface area contributed by atoms with Crippen LogP contribution in [0.1, 0.15) is 17.5 Å². The SMILES string of the molecule is OC1CN(Cc2ccccc2)CCC1Cc1ccc(-c2cnc3ccccc3c2)cc1. The van der Waals surface area contributed by atoms with Gasteiger partial charge in [-0.2, -0.15) is 0 Å². The molecule has 2 atom stereocenters. The van der Waals surface area contributed by atoms with E-state index in [0.717, 1.165) is 48.9 Å². The Hall–Kier alpha value is -3.01. The van der Waals surface area contributed by atoms with Gasteiger partial charge in [0.1, 0.15) is 0 Å². The molecule has 1 N–H and O–H groups in total. The molecule has 3 aromatic carbocycles. The Morgan fingerprint density at radius 3 is 2.42 bits per heavy atom. The second-order valence-corrected chi connectivity index (χ2v) is 8.65. The van der Waals surface area contributed by atoms with E-state index in [1.54, 1.807) is 0 Å². The van der Waals surface area contributed by atoms with Crippen LogP contribution < -0.4 is 0 Å². The van der Waals surface area contributed by atoms with E-state index in [2.05, 4.69) is 70.5 Å². The van der Waals surface area contributed by atoms with Gasteiger partial charge in [0.2, 0.25) is 0 Å². The summed E-state index contributed by atoms with van der Waals surface area (Å²) in [6.45, 7) is 2.71. The van der Waals surface area contributed by atoms with Crippen molar-refractivity contribution in [2.45, 2.75) is 25.5 Å². The molecule has 1 aromatic heterocycles. The average molecular weight is 409 g/mol. The molecule has 0 spiro atoms. The quantitative estimate of drug-likeness (QED) is 0.485. The fourth-order valence-corrected chi connectivity index (χ4v) is 4.63. The standard InChI is InChI=1S/C28H28N2O/c31-28-20-30(19-22-6-2-1-3-7-22)15-14-25(28)16-21-10-12-23(13-11-21)26-17-24-8-4-5-9-27(24)29-18-26/h1-13,17-18,25,28,31H,14-16,19-20H2. The van der Waals surface area contributed by atoms with Gasteiger partial charge in [-0.05, 0) is 54.1 Å². The number of aromatic nitrogens is 1. The predicted molar refractivity (Wildman–Crippen MR) is 127 cm³/mol. The molecule has 0 aliphatic carbocycles. The number of piperidine rings is 1. The number of nitrogens with zero attached hydrogens (tertiary/aromatic N) is 2. The number of hydrogen-bond acceptors (Lipinski definition) is 3. The van der Waals surface area contributed by atoms with Crippen molar-refractivity contribution in [3.8, 4) is 11.1 Å². The van der Waals surface area contributed by atoms with E-state index in [1.165, 1.54) is 16.7 Å². The zero-order valence-corrected chi connectivity index (χ0v) is 17.7. The molecule has 5 rings (SSSR count). The van der Waals surface area contributed by atoms with Gasteiger partial charge in [0, 0.05) is 30.2 Å². The Bertz CT molecular complexity index is 1140. The van der Waals surface area contributed by atoms with Crippen LogP contribution in [-0.2, 0) is 13.0 Å². The molecular weight excluding hydrogens is 380 g/mol. The predicted octanol–water partition coefficient (Wildman–Crippen LogP) is 5.33. The number of aliphatic hydroxyl groups excluding tert-OH is 1. The first-order chi connectivity index (χ1) is 15.2. The topological polar surface area (TPSA) is 36.4 Å². The van der Waals surface area contributed by atoms with E-state index in [1.807, 2.05) is 30.5 Å². The van der Waals surface area contributed by atoms with Crippen molar-refractivity contribution in [3.63, 3.8) is 0 Å². The highest BCUT2D eigenvalue weighted by atomic mass is 16.3. The van der Waals surface area contributed by atoms with Gasteiger partial charge in [0.25, 0.3) is 0 Å². The van der Waals surface area contributed by atoms with E-state index in [9.17, 15) is 5.11 Å². The van der Waals surface area contributed by atoms with Crippen LogP contribution in [0.4, 0.5) is 0 Å². The molecule has 1 aliphatic rings. The summed E-state index contributed by atoms with van der Waals surface area (Å²) in [5.74, 6) is 0.320. The smallest absolute Gasteiger partial charge is 0.0702 e. The Labute approximate surface area is 184 Å². The number of aliphatic hydroxyl groups is 1. The third-order valence-electron chi connectivity index (χ3n) is 6.43. The lowest BCUT2D eigenvalue weighted by Crippen LogP contribution is -2.44. The van der Waals surface area contributed by atoms with Gasteiger partial charge in [0.15, 0.2) is 0 Å². The van der Waals surface area contributed by atoms with Crippen LogP contribution in [0.15, 0.2) is 91.1 Å². The molecule has 3 heteroatoms. The lowest BCUT2D eigenvalue weighted by molar-refractivity contribution is 0.0187. The molecule has 4 aromatic rings. The van der Waals surface area contributed by atoms with E-state index in [4.69, 9.17) is 0 Å². The molecule has 0 saturated carbocycles. The molecule has 156 valence electrons. The largest absolute Gasteiger partial charge is 0.391 e. The summed E-state index contributed by atoms with van der Waals surface area (Å²) in [6, 6.07) is 29.7. The van der Waals surface area contributed by atoms with E-state index >= 15 is 0 Å². The number of rotatable bonds is 5. The average Bonchev–Trinajstić information content (AvgIpc) is 2.82. The van der Waals surface area contributed by atoms with E-state index in [-0.39, 0.29) is 6.10 Å². The summed E-state index contributed by atoms with van der Waals surface area (Å²) in [5, 5.41) is 11.9. The highest BCUT2D eigenvalue weighted by molar-refractivity contribution is 5.83. The van der Waals surface area contributed by atoms with Gasteiger partial charge in [-0.25, -0.2) is 0 Å². The van der Waals surface area contributed by atoms with Crippen LogP contribution in [0, 0.1) is 5.92 Å². The summed E-state index contributed by atoms with van der Waals surface area (Å²) >= 11 is 0. The summed E-state index contributed by atoms with van der Waals surface area (Å²) < 4.78 is 0. The first kappa shape index (κ1) is 19.9. The number of para-hydroxylation sites is 1. The second-order valence-electron chi connectivity index (χ2n) is 8.65. The molecular formula is C28H28N2O. The maximum absolute atomic E-state index is 10.8. The Morgan fingerprint density at radius 2 is 1.61 bits per heavy atom. The first-order valence-corrected chi connectivity index (χ1v) is 11.1. The third kappa shape index (κ3) is 4.68. The maximum Gasteiger partial charge on any atom is 0.0702 e. The molecule has 2 heterocycles. The van der Waals surface area contributed by atoms with Gasteiger partial charge >= 0.3 is 0 Å². The van der Waals surface area contributed by atoms with Crippen molar-refractivity contribution in [2.24, 2.45) is 5.92 Å². The monoisotopic (exact) mass is 408 g/mol. The first-order valence-electron chi connectivity index (χ1n) is 11.1. The molecule has 1 aliphatic heterocycles. The Balaban J connectivity index is 1.21. The summed E-state index contributed by atoms with van der Waals surface area (Å²) in [4.78, 5) is 6.95. The van der Waals surface area contributed by atoms with Crippen molar-refractivity contribution >= 4 is 10.9 Å². The van der Waals surface area contributed by atoms with Crippen LogP contribution in [0.25, 0.3) is 22.0 Å². The highest BCUT2D eigenvalue weighted by Gasteiger charge is 2.27. The van der Waals surface area contributed by atoms with Crippen molar-refractivity contribution in [3.05, 3.63) is 102 Å². The lowest BCUT2D eigenvalue weighted by Gasteiger charge is -2.36. The Morgan fingerprint density at radius 1 is 0.839 bits per heavy atom. The van der Waals surface area contributed by atoms with Crippen molar-refractivity contribution in [2.75, 3.05) is 13.1 Å². The molecule has 1 fully saturated rings. The Kier molecular flexibility index (Phi) is 5.79. The molecule has 2 unspecified atom stereocenters. The molecule has 0 radical (unpaired) electrons. The normalized spacial score (nSPS) is 19.5. The molecule has 1 saturated heterocycles. The minimum absolute atomic E-state index is 0.276. The van der Waals surface area contributed by atoms with Gasteiger partial charge < -0.3 is 5.11 Å². The zero-order valence-electron chi connectivity index (χ0n) is 17.7. The summed E-state index contributed by atoms with van der Waals surface area (Å²) in [6.07, 6.45) is 3.63. The van der Waals surface area contributed by atoms with E-state index in [0.29, 0.717) is 5.92 Å². The fourth-order valence-electron chi connectivity index (χ4n) is 4.63. The van der Waals surface area contributed by atoms with Gasteiger partial charge in [-0.3, -0.25) is 9.88 Å².